The third kappa shape index (κ3) is 3.54. The Hall–Kier alpha value is -1.93. The van der Waals surface area contributed by atoms with E-state index in [0.717, 1.165) is 11.1 Å². The van der Waals surface area contributed by atoms with Crippen molar-refractivity contribution in [2.45, 2.75) is 13.1 Å². The zero-order valence-corrected chi connectivity index (χ0v) is 9.71. The van der Waals surface area contributed by atoms with Crippen molar-refractivity contribution < 1.29 is 0 Å². The minimum absolute atomic E-state index is 0.570. The number of hydrogen-bond acceptors (Lipinski definition) is 2. The summed E-state index contributed by atoms with van der Waals surface area (Å²) in [6, 6.07) is 18.3. The van der Waals surface area contributed by atoms with Crippen molar-refractivity contribution in [3.63, 3.8) is 0 Å². The second-order valence-corrected chi connectivity index (χ2v) is 3.90. The Morgan fingerprint density at radius 1 is 0.941 bits per heavy atom. The first-order chi connectivity index (χ1) is 8.38. The molecule has 2 nitrogen and oxygen atoms in total. The highest BCUT2D eigenvalue weighted by Crippen LogP contribution is 2.04. The standard InChI is InChI=1S/C15H16N2/c16-10-14-7-4-8-15(9-14)12-17-11-13-5-2-1-3-6-13/h1-9,12H,10-11,16H2. The summed E-state index contributed by atoms with van der Waals surface area (Å²) in [5.74, 6) is 0. The van der Waals surface area contributed by atoms with Crippen LogP contribution in [0.25, 0.3) is 0 Å². The van der Waals surface area contributed by atoms with Gasteiger partial charge in [-0.3, -0.25) is 4.99 Å². The van der Waals surface area contributed by atoms with Gasteiger partial charge in [0.25, 0.3) is 0 Å². The SMILES string of the molecule is NCc1cccc(C=NCc2ccccc2)c1. The Morgan fingerprint density at radius 2 is 1.71 bits per heavy atom. The molecule has 0 aliphatic rings. The molecule has 2 rings (SSSR count). The van der Waals surface area contributed by atoms with E-state index in [1.807, 2.05) is 42.6 Å². The zero-order chi connectivity index (χ0) is 11.9. The lowest BCUT2D eigenvalue weighted by Gasteiger charge is -1.98. The van der Waals surface area contributed by atoms with Crippen LogP contribution in [0.15, 0.2) is 59.6 Å². The fourth-order valence-electron chi connectivity index (χ4n) is 1.64. The molecule has 2 N–H and O–H groups in total. The van der Waals surface area contributed by atoms with Crippen molar-refractivity contribution >= 4 is 6.21 Å². The van der Waals surface area contributed by atoms with Crippen molar-refractivity contribution in [2.24, 2.45) is 10.7 Å². The molecule has 0 aliphatic heterocycles. The highest BCUT2D eigenvalue weighted by molar-refractivity contribution is 5.79. The lowest BCUT2D eigenvalue weighted by atomic mass is 10.1. The minimum Gasteiger partial charge on any atom is -0.326 e. The van der Waals surface area contributed by atoms with E-state index in [1.165, 1.54) is 5.56 Å². The van der Waals surface area contributed by atoms with Gasteiger partial charge in [-0.25, -0.2) is 0 Å². The van der Waals surface area contributed by atoms with Gasteiger partial charge < -0.3 is 5.73 Å². The summed E-state index contributed by atoms with van der Waals surface area (Å²) in [7, 11) is 0. The smallest absolute Gasteiger partial charge is 0.0639 e. The van der Waals surface area contributed by atoms with Crippen LogP contribution >= 0.6 is 0 Å². The van der Waals surface area contributed by atoms with Crippen molar-refractivity contribution in [2.75, 3.05) is 0 Å². The summed E-state index contributed by atoms with van der Waals surface area (Å²) < 4.78 is 0. The Balaban J connectivity index is 2.00. The van der Waals surface area contributed by atoms with Gasteiger partial charge in [0.1, 0.15) is 0 Å². The van der Waals surface area contributed by atoms with E-state index in [4.69, 9.17) is 5.73 Å². The third-order valence-corrected chi connectivity index (χ3v) is 2.54. The normalized spacial score (nSPS) is 10.9. The van der Waals surface area contributed by atoms with Gasteiger partial charge in [-0.2, -0.15) is 0 Å². The molecule has 0 saturated carbocycles. The van der Waals surface area contributed by atoms with E-state index in [0.29, 0.717) is 13.1 Å². The van der Waals surface area contributed by atoms with Gasteiger partial charge in [-0.05, 0) is 22.8 Å². The summed E-state index contributed by atoms with van der Waals surface area (Å²) in [4.78, 5) is 4.42. The third-order valence-electron chi connectivity index (χ3n) is 2.54. The Bertz CT molecular complexity index is 489. The topological polar surface area (TPSA) is 38.4 Å². The largest absolute Gasteiger partial charge is 0.326 e. The van der Waals surface area contributed by atoms with Crippen LogP contribution in [0.2, 0.25) is 0 Å². The van der Waals surface area contributed by atoms with Gasteiger partial charge in [0.15, 0.2) is 0 Å². The molecule has 0 fully saturated rings. The van der Waals surface area contributed by atoms with Gasteiger partial charge in [-0.15, -0.1) is 0 Å². The van der Waals surface area contributed by atoms with Gasteiger partial charge in [0.05, 0.1) is 6.54 Å². The second kappa shape index (κ2) is 5.97. The fourth-order valence-corrected chi connectivity index (χ4v) is 1.64. The van der Waals surface area contributed by atoms with E-state index in [-0.39, 0.29) is 0 Å². The highest BCUT2D eigenvalue weighted by Gasteiger charge is 1.91. The summed E-state index contributed by atoms with van der Waals surface area (Å²) in [6.45, 7) is 1.29. The van der Waals surface area contributed by atoms with Crippen LogP contribution < -0.4 is 5.73 Å². The van der Waals surface area contributed by atoms with E-state index < -0.39 is 0 Å². The maximum absolute atomic E-state index is 5.59. The summed E-state index contributed by atoms with van der Waals surface area (Å²) in [5.41, 5.74) is 9.05. The summed E-state index contributed by atoms with van der Waals surface area (Å²) >= 11 is 0. The van der Waals surface area contributed by atoms with Crippen LogP contribution in [0.4, 0.5) is 0 Å². The van der Waals surface area contributed by atoms with Gasteiger partial charge in [0, 0.05) is 12.8 Å². The molecule has 0 aromatic heterocycles. The Labute approximate surface area is 102 Å². The monoisotopic (exact) mass is 224 g/mol. The second-order valence-electron chi connectivity index (χ2n) is 3.90. The predicted octanol–water partition coefficient (Wildman–Crippen LogP) is 2.76. The number of nitrogens with zero attached hydrogens (tertiary/aromatic N) is 1. The lowest BCUT2D eigenvalue weighted by molar-refractivity contribution is 1.06. The van der Waals surface area contributed by atoms with E-state index in [9.17, 15) is 0 Å². The average Bonchev–Trinajstić information content (AvgIpc) is 2.40. The molecule has 2 aromatic rings. The van der Waals surface area contributed by atoms with Crippen LogP contribution in [0, 0.1) is 0 Å². The lowest BCUT2D eigenvalue weighted by Crippen LogP contribution is -1.96. The number of aliphatic imine (C=N–C) groups is 1. The molecule has 17 heavy (non-hydrogen) atoms. The van der Waals surface area contributed by atoms with Gasteiger partial charge in [0.2, 0.25) is 0 Å². The number of rotatable bonds is 4. The van der Waals surface area contributed by atoms with Crippen LogP contribution in [0.1, 0.15) is 16.7 Å². The molecule has 0 atom stereocenters. The van der Waals surface area contributed by atoms with E-state index in [1.54, 1.807) is 0 Å². The number of nitrogens with two attached hydrogens (primary N) is 1. The first-order valence-corrected chi connectivity index (χ1v) is 5.71. The summed E-state index contributed by atoms with van der Waals surface area (Å²) in [6.07, 6.45) is 1.90. The average molecular weight is 224 g/mol. The van der Waals surface area contributed by atoms with E-state index >= 15 is 0 Å². The molecule has 0 radical (unpaired) electrons. The molecule has 0 spiro atoms. The van der Waals surface area contributed by atoms with Gasteiger partial charge in [-0.1, -0.05) is 48.5 Å². The molecule has 0 heterocycles. The maximum atomic E-state index is 5.59. The fraction of sp³-hybridized carbons (Fsp3) is 0.133. The number of benzene rings is 2. The molecular weight excluding hydrogens is 208 g/mol. The molecule has 0 bridgehead atoms. The molecule has 0 saturated heterocycles. The Kier molecular flexibility index (Phi) is 4.05. The summed E-state index contributed by atoms with van der Waals surface area (Å²) in [5, 5.41) is 0. The molecular formula is C15H16N2. The van der Waals surface area contributed by atoms with Crippen LogP contribution in [-0.4, -0.2) is 6.21 Å². The van der Waals surface area contributed by atoms with Crippen molar-refractivity contribution in [3.05, 3.63) is 71.3 Å². The maximum Gasteiger partial charge on any atom is 0.0639 e. The van der Waals surface area contributed by atoms with Crippen molar-refractivity contribution in [1.29, 1.82) is 0 Å². The molecule has 0 unspecified atom stereocenters. The minimum atomic E-state index is 0.570. The zero-order valence-electron chi connectivity index (χ0n) is 9.71. The van der Waals surface area contributed by atoms with Crippen molar-refractivity contribution in [1.82, 2.24) is 0 Å². The first kappa shape index (κ1) is 11.6. The van der Waals surface area contributed by atoms with Crippen LogP contribution in [0.3, 0.4) is 0 Å². The Morgan fingerprint density at radius 3 is 2.47 bits per heavy atom. The number of hydrogen-bond donors (Lipinski definition) is 1. The quantitative estimate of drug-likeness (QED) is 0.797. The molecule has 86 valence electrons. The van der Waals surface area contributed by atoms with Crippen LogP contribution in [0.5, 0.6) is 0 Å². The molecule has 0 amide bonds. The van der Waals surface area contributed by atoms with Crippen molar-refractivity contribution in [3.8, 4) is 0 Å². The van der Waals surface area contributed by atoms with Gasteiger partial charge >= 0.3 is 0 Å². The van der Waals surface area contributed by atoms with Crippen LogP contribution in [-0.2, 0) is 13.1 Å². The molecule has 2 heteroatoms. The molecule has 2 aromatic carbocycles. The predicted molar refractivity (Wildman–Crippen MR) is 72.1 cm³/mol. The van der Waals surface area contributed by atoms with E-state index in [2.05, 4.69) is 23.2 Å². The first-order valence-electron chi connectivity index (χ1n) is 5.71. The highest BCUT2D eigenvalue weighted by atomic mass is 14.7. The molecule has 0 aliphatic carbocycles.